The first-order valence-electron chi connectivity index (χ1n) is 6.31. The summed E-state index contributed by atoms with van der Waals surface area (Å²) in [6.45, 7) is 0.312. The van der Waals surface area contributed by atoms with Gasteiger partial charge in [0.25, 0.3) is 15.9 Å². The average Bonchev–Trinajstić information content (AvgIpc) is 3.07. The second-order valence-corrected chi connectivity index (χ2v) is 6.98. The van der Waals surface area contributed by atoms with Crippen LogP contribution in [0.25, 0.3) is 0 Å². The molecule has 1 unspecified atom stereocenters. The van der Waals surface area contributed by atoms with Crippen LogP contribution in [0.15, 0.2) is 21.6 Å². The number of carbonyl (C=O) groups is 2. The molecule has 1 aliphatic rings. The number of hydrogen-bond donors (Lipinski definition) is 1. The van der Waals surface area contributed by atoms with Gasteiger partial charge in [-0.25, -0.2) is 17.5 Å². The largest absolute Gasteiger partial charge is 0.480 e. The number of amides is 1. The fraction of sp³-hybridized carbons (Fsp3) is 0.500. The maximum atomic E-state index is 12.2. The zero-order valence-electron chi connectivity index (χ0n) is 11.6. The van der Waals surface area contributed by atoms with Gasteiger partial charge in [-0.3, -0.25) is 4.79 Å². The summed E-state index contributed by atoms with van der Waals surface area (Å²) < 4.78 is 29.8. The lowest BCUT2D eigenvalue weighted by Gasteiger charge is -2.19. The Morgan fingerprint density at radius 2 is 2.05 bits per heavy atom. The lowest BCUT2D eigenvalue weighted by atomic mass is 10.2. The summed E-state index contributed by atoms with van der Waals surface area (Å²) >= 11 is 0. The fourth-order valence-corrected chi connectivity index (χ4v) is 2.96. The average molecular weight is 316 g/mol. The highest BCUT2D eigenvalue weighted by Gasteiger charge is 2.36. The van der Waals surface area contributed by atoms with Crippen molar-refractivity contribution < 1.29 is 27.5 Å². The van der Waals surface area contributed by atoms with Crippen molar-refractivity contribution in [2.24, 2.45) is 0 Å². The van der Waals surface area contributed by atoms with Crippen LogP contribution in [-0.4, -0.2) is 61.3 Å². The van der Waals surface area contributed by atoms with Crippen molar-refractivity contribution in [3.63, 3.8) is 0 Å². The van der Waals surface area contributed by atoms with E-state index in [0.29, 0.717) is 19.4 Å². The highest BCUT2D eigenvalue weighted by Crippen LogP contribution is 2.23. The molecule has 0 spiro atoms. The lowest BCUT2D eigenvalue weighted by Crippen LogP contribution is -2.40. The van der Waals surface area contributed by atoms with E-state index in [1.54, 1.807) is 0 Å². The fourth-order valence-electron chi connectivity index (χ4n) is 2.16. The predicted octanol–water partition coefficient (Wildman–Crippen LogP) is 0.219. The van der Waals surface area contributed by atoms with E-state index in [1.807, 2.05) is 0 Å². The highest BCUT2D eigenvalue weighted by atomic mass is 32.2. The molecule has 1 fully saturated rings. The summed E-state index contributed by atoms with van der Waals surface area (Å²) in [5.41, 5.74) is 0. The molecule has 0 aromatic carbocycles. The third-order valence-corrected chi connectivity index (χ3v) is 5.02. The molecule has 2 heterocycles. The number of hydrogen-bond acceptors (Lipinski definition) is 5. The van der Waals surface area contributed by atoms with Crippen LogP contribution >= 0.6 is 0 Å². The van der Waals surface area contributed by atoms with Gasteiger partial charge < -0.3 is 14.4 Å². The molecular weight excluding hydrogens is 300 g/mol. The molecule has 8 nitrogen and oxygen atoms in total. The third kappa shape index (κ3) is 2.79. The quantitative estimate of drug-likeness (QED) is 0.851. The first-order valence-corrected chi connectivity index (χ1v) is 7.75. The van der Waals surface area contributed by atoms with Crippen molar-refractivity contribution in [3.05, 3.63) is 17.9 Å². The molecule has 1 aromatic rings. The third-order valence-electron chi connectivity index (χ3n) is 3.33. The molecule has 1 atom stereocenters. The zero-order chi connectivity index (χ0) is 15.8. The van der Waals surface area contributed by atoms with E-state index in [0.717, 1.165) is 4.31 Å². The Morgan fingerprint density at radius 3 is 2.62 bits per heavy atom. The standard InChI is InChI=1S/C12H16N2O6S/c1-13(2)21(18,19)10-6-5-9(20-10)11(15)14-7-3-4-8(14)12(16)17/h5-6,8H,3-4,7H2,1-2H3,(H,16,17). The van der Waals surface area contributed by atoms with Crippen molar-refractivity contribution in [1.29, 1.82) is 0 Å². The van der Waals surface area contributed by atoms with E-state index >= 15 is 0 Å². The molecule has 1 N–H and O–H groups in total. The summed E-state index contributed by atoms with van der Waals surface area (Å²) in [6, 6.07) is 1.54. The molecule has 1 aliphatic heterocycles. The highest BCUT2D eigenvalue weighted by molar-refractivity contribution is 7.88. The summed E-state index contributed by atoms with van der Waals surface area (Å²) in [7, 11) is -1.07. The van der Waals surface area contributed by atoms with E-state index in [2.05, 4.69) is 0 Å². The van der Waals surface area contributed by atoms with Crippen molar-refractivity contribution >= 4 is 21.9 Å². The van der Waals surface area contributed by atoms with Gasteiger partial charge in [0, 0.05) is 20.6 Å². The summed E-state index contributed by atoms with van der Waals surface area (Å²) in [6.07, 6.45) is 0.969. The van der Waals surface area contributed by atoms with E-state index in [1.165, 1.54) is 31.1 Å². The van der Waals surface area contributed by atoms with Crippen molar-refractivity contribution in [2.45, 2.75) is 24.0 Å². The molecule has 0 saturated carbocycles. The molecule has 0 aliphatic carbocycles. The molecule has 116 valence electrons. The van der Waals surface area contributed by atoms with Crippen molar-refractivity contribution in [1.82, 2.24) is 9.21 Å². The van der Waals surface area contributed by atoms with Gasteiger partial charge in [0.05, 0.1) is 0 Å². The second-order valence-electron chi connectivity index (χ2n) is 4.90. The van der Waals surface area contributed by atoms with Gasteiger partial charge in [0.15, 0.2) is 5.76 Å². The molecule has 2 rings (SSSR count). The number of nitrogens with zero attached hydrogens (tertiary/aromatic N) is 2. The summed E-state index contributed by atoms with van der Waals surface area (Å²) in [4.78, 5) is 24.5. The molecular formula is C12H16N2O6S. The van der Waals surface area contributed by atoms with Crippen LogP contribution in [0.5, 0.6) is 0 Å². The maximum absolute atomic E-state index is 12.2. The van der Waals surface area contributed by atoms with Crippen LogP contribution in [0.2, 0.25) is 0 Å². The van der Waals surface area contributed by atoms with Gasteiger partial charge in [-0.05, 0) is 25.0 Å². The smallest absolute Gasteiger partial charge is 0.326 e. The number of rotatable bonds is 4. The first kappa shape index (κ1) is 15.5. The number of furan rings is 1. The number of carbonyl (C=O) groups excluding carboxylic acids is 1. The van der Waals surface area contributed by atoms with Gasteiger partial charge in [-0.1, -0.05) is 0 Å². The Kier molecular flexibility index (Phi) is 4.06. The van der Waals surface area contributed by atoms with Gasteiger partial charge >= 0.3 is 5.97 Å². The number of aliphatic carboxylic acids is 1. The van der Waals surface area contributed by atoms with Crippen LogP contribution in [0.1, 0.15) is 23.4 Å². The second kappa shape index (κ2) is 5.49. The Labute approximate surface area is 122 Å². The molecule has 0 radical (unpaired) electrons. The molecule has 9 heteroatoms. The first-order chi connectivity index (χ1) is 9.75. The molecule has 1 amide bonds. The Balaban J connectivity index is 2.26. The summed E-state index contributed by atoms with van der Waals surface area (Å²) in [5, 5.41) is 8.71. The minimum atomic E-state index is -3.76. The topological polar surface area (TPSA) is 108 Å². The van der Waals surface area contributed by atoms with Crippen molar-refractivity contribution in [2.75, 3.05) is 20.6 Å². The van der Waals surface area contributed by atoms with Crippen molar-refractivity contribution in [3.8, 4) is 0 Å². The number of likely N-dealkylation sites (tertiary alicyclic amines) is 1. The van der Waals surface area contributed by atoms with Gasteiger partial charge in [-0.15, -0.1) is 0 Å². The summed E-state index contributed by atoms with van der Waals surface area (Å²) in [5.74, 6) is -1.86. The number of carboxylic acids is 1. The van der Waals surface area contributed by atoms with Gasteiger partial charge in [-0.2, -0.15) is 0 Å². The van der Waals surface area contributed by atoms with E-state index in [4.69, 9.17) is 9.52 Å². The SMILES string of the molecule is CN(C)S(=O)(=O)c1ccc(C(=O)N2CCCC2C(=O)O)o1. The Morgan fingerprint density at radius 1 is 1.38 bits per heavy atom. The van der Waals surface area contributed by atoms with Gasteiger partial charge in [0.2, 0.25) is 5.09 Å². The number of carboxylic acid groups (broad SMARTS) is 1. The Hall–Kier alpha value is -1.87. The molecule has 1 saturated heterocycles. The molecule has 21 heavy (non-hydrogen) atoms. The van der Waals surface area contributed by atoms with Crippen LogP contribution in [0, 0.1) is 0 Å². The predicted molar refractivity (Wildman–Crippen MR) is 71.3 cm³/mol. The minimum absolute atomic E-state index is 0.177. The van der Waals surface area contributed by atoms with E-state index in [9.17, 15) is 18.0 Å². The van der Waals surface area contributed by atoms with Crippen LogP contribution < -0.4 is 0 Å². The van der Waals surface area contributed by atoms with Crippen LogP contribution in [0.4, 0.5) is 0 Å². The monoisotopic (exact) mass is 316 g/mol. The molecule has 0 bridgehead atoms. The molecule has 1 aromatic heterocycles. The van der Waals surface area contributed by atoms with Crippen LogP contribution in [0.3, 0.4) is 0 Å². The van der Waals surface area contributed by atoms with Crippen LogP contribution in [-0.2, 0) is 14.8 Å². The van der Waals surface area contributed by atoms with Gasteiger partial charge in [0.1, 0.15) is 6.04 Å². The zero-order valence-corrected chi connectivity index (χ0v) is 12.5. The minimum Gasteiger partial charge on any atom is -0.480 e. The Bertz CT molecular complexity index is 663. The maximum Gasteiger partial charge on any atom is 0.326 e. The van der Waals surface area contributed by atoms with E-state index in [-0.39, 0.29) is 10.9 Å². The lowest BCUT2D eigenvalue weighted by molar-refractivity contribution is -0.141. The normalized spacial score (nSPS) is 19.2. The number of sulfonamides is 1. The van der Waals surface area contributed by atoms with E-state index < -0.39 is 27.9 Å².